The lowest BCUT2D eigenvalue weighted by Crippen LogP contribution is -2.30. The summed E-state index contributed by atoms with van der Waals surface area (Å²) in [5.41, 5.74) is 6.47. The molecular weight excluding hydrogens is 1820 g/mol. The van der Waals surface area contributed by atoms with Crippen molar-refractivity contribution in [3.8, 4) is 44.5 Å². The average molecular weight is 1870 g/mol. The van der Waals surface area contributed by atoms with E-state index in [1.807, 2.05) is 6.07 Å². The van der Waals surface area contributed by atoms with Crippen LogP contribution in [0.3, 0.4) is 0 Å². The maximum absolute atomic E-state index is 15.1. The van der Waals surface area contributed by atoms with Gasteiger partial charge in [0.25, 0.3) is 23.6 Å². The van der Waals surface area contributed by atoms with Gasteiger partial charge in [0.2, 0.25) is 0 Å². The molecule has 4 N–H and O–H groups in total. The number of carbonyl (C=O) groups excluding carboxylic acids is 8. The Morgan fingerprint density at radius 1 is 0.292 bits per heavy atom. The first-order chi connectivity index (χ1) is 61.7. The van der Waals surface area contributed by atoms with Crippen LogP contribution in [0.5, 0.6) is 0 Å². The molecule has 20 rings (SSSR count). The van der Waals surface area contributed by atoms with Crippen molar-refractivity contribution in [1.29, 1.82) is 0 Å². The SMILES string of the molecule is O=C1NC(=O)N(c2ccc3c(c2)N=CC3)C1c1c(F)cc(-c2csc(C(F)(F)F)c2)cc1F.O=C1NC(=O)N(c2ccc3c(c2)N=CC3)C1c1ccc(-c2csc(C(F)(F)F)c2)c(F)c1.O=C1NC(=O)N(c2ccc3c(c2)N=CC3)C1c1ccc(-c2csc(C(F)(F)F)c2)c(F)c1F.O=C1NC(=O)N(c2ccc3c(c2)N=CC3)C1c1ccc(-c2csc(C(F)(F)F)c2)cc1F. The summed E-state index contributed by atoms with van der Waals surface area (Å²) in [7, 11) is 0. The number of thiophene rings is 4. The quantitative estimate of drug-likeness (QED) is 0.0675. The van der Waals surface area contributed by atoms with Crippen molar-refractivity contribution in [1.82, 2.24) is 21.3 Å². The summed E-state index contributed by atoms with van der Waals surface area (Å²) in [6.45, 7) is 0. The standard InChI is InChI=1S/2C22H12F5N3O2S.2C22H13F4N3O2S/c23-14-5-11(12-7-17(33-9-12)22(25,26)27)6-15(24)18(14)19-20(31)29-21(32)30(19)13-2-1-10-3-4-28-16(10)8-13;23-17-13(11-7-16(33-9-11)22(25,26)27)3-4-14(18(17)24)19-20(31)29-21(32)30(19)12-2-1-10-5-6-28-15(10)8-12;23-16-7-12(2-4-15(16)13-8-18(32-10-13)22(24,25)26)19-20(30)28-21(31)29(19)14-3-1-11-5-6-27-17(11)9-14;23-16-7-12(13-8-18(32-10-13)22(24,25)26)2-4-15(16)19-20(30)28-21(31)29(19)14-3-1-11-5-6-27-17(11)9-14/h1-2,4-9,19H,3H2,(H,29,31,32);1-4,6-9,19H,5H2,(H,29,31,32);2*1-4,6-10,19H,5H2,(H,28,30,31). The number of nitrogens with zero attached hydrogens (tertiary/aromatic N) is 8. The molecule has 42 heteroatoms. The van der Waals surface area contributed by atoms with Crippen LogP contribution < -0.4 is 40.9 Å². The van der Waals surface area contributed by atoms with Crippen molar-refractivity contribution in [2.45, 2.75) is 74.6 Å². The Balaban J connectivity index is 0.000000121. The molecule has 8 aliphatic rings. The van der Waals surface area contributed by atoms with Gasteiger partial charge in [-0.1, -0.05) is 60.7 Å². The van der Waals surface area contributed by atoms with Crippen molar-refractivity contribution < 1.29 is 117 Å². The summed E-state index contributed by atoms with van der Waals surface area (Å²) in [4.78, 5) is 118. The van der Waals surface area contributed by atoms with E-state index in [-0.39, 0.29) is 67.0 Å². The fraction of sp³-hybridized carbons (Fsp3) is 0.136. The summed E-state index contributed by atoms with van der Waals surface area (Å²) < 4.78 is 245. The van der Waals surface area contributed by atoms with Gasteiger partial charge in [-0.05, 0) is 180 Å². The van der Waals surface area contributed by atoms with Gasteiger partial charge in [-0.15, -0.1) is 45.3 Å². The lowest BCUT2D eigenvalue weighted by molar-refractivity contribution is -0.135. The van der Waals surface area contributed by atoms with Gasteiger partial charge < -0.3 is 0 Å². The van der Waals surface area contributed by atoms with E-state index in [4.69, 9.17) is 0 Å². The molecule has 0 spiro atoms. The summed E-state index contributed by atoms with van der Waals surface area (Å²) in [6.07, 6.45) is -8.79. The summed E-state index contributed by atoms with van der Waals surface area (Å²) in [5, 5.41) is 13.3. The minimum Gasteiger partial charge on any atom is -0.277 e. The molecule has 4 saturated heterocycles. The third-order valence-corrected chi connectivity index (χ3v) is 25.4. The predicted molar refractivity (Wildman–Crippen MR) is 447 cm³/mol. The van der Waals surface area contributed by atoms with Crippen LogP contribution >= 0.6 is 45.3 Å². The second-order valence-electron chi connectivity index (χ2n) is 29.5. The number of hydrogen-bond donors (Lipinski definition) is 4. The highest BCUT2D eigenvalue weighted by molar-refractivity contribution is 7.11. The van der Waals surface area contributed by atoms with Crippen LogP contribution in [0.2, 0.25) is 0 Å². The number of benzene rings is 8. The molecule has 12 heterocycles. The summed E-state index contributed by atoms with van der Waals surface area (Å²) in [5.74, 6) is -9.86. The molecule has 4 fully saturated rings. The van der Waals surface area contributed by atoms with Gasteiger partial charge in [-0.3, -0.25) is 80.0 Å². The number of rotatable bonds is 12. The molecule has 8 aromatic carbocycles. The van der Waals surface area contributed by atoms with Gasteiger partial charge in [0, 0.05) is 95.5 Å². The summed E-state index contributed by atoms with van der Waals surface area (Å²) in [6, 6.07) is 26.3. The lowest BCUT2D eigenvalue weighted by Gasteiger charge is -2.23. The van der Waals surface area contributed by atoms with Crippen LogP contribution in [-0.4, -0.2) is 72.6 Å². The topological polar surface area (TPSA) is 247 Å². The van der Waals surface area contributed by atoms with E-state index in [1.165, 1.54) is 46.0 Å². The van der Waals surface area contributed by atoms with Gasteiger partial charge in [-0.25, -0.2) is 45.5 Å². The van der Waals surface area contributed by atoms with Crippen molar-refractivity contribution in [3.63, 3.8) is 0 Å². The molecule has 12 amide bonds. The van der Waals surface area contributed by atoms with Crippen LogP contribution in [0, 0.1) is 34.9 Å². The number of anilines is 4. The first-order valence-corrected chi connectivity index (χ1v) is 41.6. The smallest absolute Gasteiger partial charge is 0.277 e. The number of carbonyl (C=O) groups is 8. The maximum Gasteiger partial charge on any atom is 0.425 e. The monoisotopic (exact) mass is 1870 g/mol. The zero-order valence-corrected chi connectivity index (χ0v) is 68.3. The number of alkyl halides is 12. The van der Waals surface area contributed by atoms with Gasteiger partial charge in [-0.2, -0.15) is 52.7 Å². The van der Waals surface area contributed by atoms with Crippen molar-refractivity contribution in [2.75, 3.05) is 19.6 Å². The normalized spacial score (nSPS) is 17.7. The van der Waals surface area contributed by atoms with Crippen LogP contribution in [-0.2, 0) is 69.6 Å². The second-order valence-corrected chi connectivity index (χ2v) is 33.2. The molecule has 0 aliphatic carbocycles. The second kappa shape index (κ2) is 33.7. The molecule has 0 bridgehead atoms. The molecule has 4 unspecified atom stereocenters. The van der Waals surface area contributed by atoms with Crippen molar-refractivity contribution in [3.05, 3.63) is 278 Å². The van der Waals surface area contributed by atoms with E-state index in [0.717, 1.165) is 108 Å². The fourth-order valence-electron chi connectivity index (χ4n) is 15.4. The van der Waals surface area contributed by atoms with Crippen molar-refractivity contribution in [2.24, 2.45) is 20.0 Å². The fourth-order valence-corrected chi connectivity index (χ4v) is 18.5. The third-order valence-electron chi connectivity index (χ3n) is 21.5. The Morgan fingerprint density at radius 3 is 1.00 bits per heavy atom. The van der Waals surface area contributed by atoms with Crippen LogP contribution in [0.4, 0.5) is 144 Å². The number of nitrogens with one attached hydrogen (secondary N) is 4. The predicted octanol–water partition coefficient (Wildman–Crippen LogP) is 22.8. The van der Waals surface area contributed by atoms with E-state index in [0.29, 0.717) is 105 Å². The Kier molecular flexibility index (Phi) is 22.8. The maximum atomic E-state index is 15.1. The first-order valence-electron chi connectivity index (χ1n) is 38.1. The Bertz CT molecular complexity index is 6890. The highest BCUT2D eigenvalue weighted by Crippen LogP contribution is 2.49. The molecule has 20 nitrogen and oxygen atoms in total. The van der Waals surface area contributed by atoms with E-state index >= 15 is 17.6 Å². The number of urea groups is 4. The molecule has 12 aromatic rings. The largest absolute Gasteiger partial charge is 0.425 e. The molecule has 660 valence electrons. The van der Waals surface area contributed by atoms with Crippen LogP contribution in [0.1, 0.15) is 88.2 Å². The zero-order chi connectivity index (χ0) is 92.2. The highest BCUT2D eigenvalue weighted by Gasteiger charge is 2.48. The van der Waals surface area contributed by atoms with E-state index < -0.39 is 162 Å². The zero-order valence-electron chi connectivity index (χ0n) is 65.0. The molecular formula is C88H50F18N12O8S4. The molecule has 8 aliphatic heterocycles. The molecule has 0 radical (unpaired) electrons. The van der Waals surface area contributed by atoms with E-state index in [2.05, 4.69) is 41.2 Å². The Morgan fingerprint density at radius 2 is 0.615 bits per heavy atom. The number of fused-ring (bicyclic) bond motifs is 4. The van der Waals surface area contributed by atoms with Gasteiger partial charge >= 0.3 is 48.8 Å². The van der Waals surface area contributed by atoms with Crippen LogP contribution in [0.15, 0.2) is 199 Å². The van der Waals surface area contributed by atoms with Crippen LogP contribution in [0.25, 0.3) is 44.5 Å². The van der Waals surface area contributed by atoms with Gasteiger partial charge in [0.1, 0.15) is 66.9 Å². The Labute approximate surface area is 734 Å². The number of aliphatic imine (C=N–C) groups is 4. The summed E-state index contributed by atoms with van der Waals surface area (Å²) >= 11 is 1.76. The minimum absolute atomic E-state index is 0.0167. The van der Waals surface area contributed by atoms with E-state index in [9.17, 15) is 99.8 Å². The van der Waals surface area contributed by atoms with Gasteiger partial charge in [0.15, 0.2) is 11.6 Å². The van der Waals surface area contributed by atoms with E-state index in [1.54, 1.807) is 85.5 Å². The molecule has 4 aromatic heterocycles. The van der Waals surface area contributed by atoms with Crippen molar-refractivity contribution >= 4 is 163 Å². The number of hydrogen-bond acceptors (Lipinski definition) is 16. The lowest BCUT2D eigenvalue weighted by atomic mass is 9.99. The first kappa shape index (κ1) is 87.8. The third kappa shape index (κ3) is 16.9. The highest BCUT2D eigenvalue weighted by atomic mass is 32.1. The number of halogens is 18. The van der Waals surface area contributed by atoms with Gasteiger partial charge in [0.05, 0.1) is 28.3 Å². The Hall–Kier alpha value is -14.3. The molecule has 4 atom stereocenters. The number of amides is 12. The number of imide groups is 4. The minimum atomic E-state index is -4.61. The average Bonchev–Trinajstić information content (AvgIpc) is 1.61. The molecule has 130 heavy (non-hydrogen) atoms. The molecule has 0 saturated carbocycles.